The summed E-state index contributed by atoms with van der Waals surface area (Å²) in [6.07, 6.45) is -4.74. The van der Waals surface area contributed by atoms with Crippen LogP contribution in [0.5, 0.6) is 23.0 Å². The number of anilines is 1. The lowest BCUT2D eigenvalue weighted by Crippen LogP contribution is -2.39. The Morgan fingerprint density at radius 3 is 2.20 bits per heavy atom. The predicted molar refractivity (Wildman–Crippen MR) is 141 cm³/mol. The fourth-order valence-corrected chi connectivity index (χ4v) is 4.63. The molecule has 3 rings (SSSR count). The number of nitrogens with zero attached hydrogens (tertiary/aromatic N) is 1. The number of nitrogens with one attached hydrogen (secondary N) is 1. The molecule has 0 saturated carbocycles. The molecule has 0 heterocycles. The molecule has 0 aliphatic carbocycles. The number of amides is 2. The van der Waals surface area contributed by atoms with Crippen LogP contribution in [-0.2, 0) is 22.8 Å². The molecule has 40 heavy (non-hydrogen) atoms. The van der Waals surface area contributed by atoms with Crippen LogP contribution < -0.4 is 23.7 Å². The maximum atomic E-state index is 13.2. The van der Waals surface area contributed by atoms with Crippen LogP contribution in [0.1, 0.15) is 25.0 Å². The zero-order valence-corrected chi connectivity index (χ0v) is 23.2. The van der Waals surface area contributed by atoms with Gasteiger partial charge < -0.3 is 28.6 Å². The summed E-state index contributed by atoms with van der Waals surface area (Å²) in [5.74, 6) is 0.707. The monoisotopic (exact) mass is 582 g/mol. The zero-order chi connectivity index (χ0) is 29.7. The highest BCUT2D eigenvalue weighted by molar-refractivity contribution is 7.87. The number of hydrogen-bond acceptors (Lipinski definition) is 7. The first kappa shape index (κ1) is 30.4. The van der Waals surface area contributed by atoms with Crippen LogP contribution >= 0.6 is 0 Å². The summed E-state index contributed by atoms with van der Waals surface area (Å²) in [6.45, 7) is 3.62. The summed E-state index contributed by atoms with van der Waals surface area (Å²) < 4.78 is 86.0. The minimum Gasteiger partial charge on any atom is -0.497 e. The van der Waals surface area contributed by atoms with E-state index in [1.165, 1.54) is 38.4 Å². The van der Waals surface area contributed by atoms with Crippen LogP contribution in [0.4, 0.5) is 23.7 Å². The van der Waals surface area contributed by atoms with E-state index in [2.05, 4.69) is 5.32 Å². The molecule has 13 heteroatoms. The summed E-state index contributed by atoms with van der Waals surface area (Å²) in [5, 5.41) is 2.79. The number of benzene rings is 3. The molecule has 0 aliphatic rings. The number of carbonyl (C=O) groups excluding carboxylic acids is 1. The molecule has 0 radical (unpaired) electrons. The van der Waals surface area contributed by atoms with Gasteiger partial charge in [0.2, 0.25) is 0 Å². The second-order valence-corrected chi connectivity index (χ2v) is 10.3. The second-order valence-electron chi connectivity index (χ2n) is 8.77. The van der Waals surface area contributed by atoms with Crippen molar-refractivity contribution in [1.29, 1.82) is 0 Å². The number of carbonyl (C=O) groups is 1. The molecule has 0 saturated heterocycles. The van der Waals surface area contributed by atoms with Gasteiger partial charge in [-0.1, -0.05) is 12.1 Å². The Labute approximate surface area is 230 Å². The topological polar surface area (TPSA) is 103 Å². The SMILES string of the molecule is COc1ccc(NC(=O)N(Cc2ccc(OC)c(OS(=O)(=O)c3cccc(C(F)(F)F)c3)c2)C(C)C)c(OC)c1. The average molecular weight is 583 g/mol. The fourth-order valence-electron chi connectivity index (χ4n) is 3.65. The Kier molecular flexibility index (Phi) is 9.40. The van der Waals surface area contributed by atoms with E-state index in [9.17, 15) is 26.4 Å². The third-order valence-electron chi connectivity index (χ3n) is 5.76. The first-order valence-electron chi connectivity index (χ1n) is 11.9. The molecular formula is C27H29F3N2O7S. The lowest BCUT2D eigenvalue weighted by Gasteiger charge is -2.28. The fraction of sp³-hybridized carbons (Fsp3) is 0.296. The van der Waals surface area contributed by atoms with Gasteiger partial charge in [-0.05, 0) is 61.9 Å². The van der Waals surface area contributed by atoms with E-state index in [1.807, 2.05) is 0 Å². The summed E-state index contributed by atoms with van der Waals surface area (Å²) in [5.41, 5.74) is -0.254. The molecule has 0 unspecified atom stereocenters. The Morgan fingerprint density at radius 1 is 0.900 bits per heavy atom. The highest BCUT2D eigenvalue weighted by Gasteiger charge is 2.32. The number of rotatable bonds is 10. The van der Waals surface area contributed by atoms with Crippen LogP contribution in [0.2, 0.25) is 0 Å². The van der Waals surface area contributed by atoms with Gasteiger partial charge in [0.05, 0.1) is 32.6 Å². The number of hydrogen-bond donors (Lipinski definition) is 1. The molecule has 0 aromatic heterocycles. The van der Waals surface area contributed by atoms with Crippen molar-refractivity contribution < 1.29 is 44.8 Å². The van der Waals surface area contributed by atoms with E-state index in [4.69, 9.17) is 18.4 Å². The highest BCUT2D eigenvalue weighted by atomic mass is 32.2. The van der Waals surface area contributed by atoms with E-state index in [0.29, 0.717) is 28.8 Å². The number of halogens is 3. The molecule has 0 aliphatic heterocycles. The van der Waals surface area contributed by atoms with E-state index in [1.54, 1.807) is 38.1 Å². The first-order valence-corrected chi connectivity index (χ1v) is 13.3. The van der Waals surface area contributed by atoms with Gasteiger partial charge in [-0.25, -0.2) is 4.79 Å². The lowest BCUT2D eigenvalue weighted by atomic mass is 10.1. The zero-order valence-electron chi connectivity index (χ0n) is 22.4. The Balaban J connectivity index is 1.87. The molecule has 216 valence electrons. The maximum absolute atomic E-state index is 13.2. The molecule has 0 atom stereocenters. The van der Waals surface area contributed by atoms with Crippen LogP contribution in [0.25, 0.3) is 0 Å². The van der Waals surface area contributed by atoms with Gasteiger partial charge in [0.1, 0.15) is 16.4 Å². The Hall–Kier alpha value is -4.13. The van der Waals surface area contributed by atoms with Gasteiger partial charge in [0, 0.05) is 18.7 Å². The lowest BCUT2D eigenvalue weighted by molar-refractivity contribution is -0.137. The van der Waals surface area contributed by atoms with Gasteiger partial charge in [-0.2, -0.15) is 21.6 Å². The van der Waals surface area contributed by atoms with Gasteiger partial charge in [0.25, 0.3) is 0 Å². The van der Waals surface area contributed by atoms with Crippen molar-refractivity contribution >= 4 is 21.8 Å². The van der Waals surface area contributed by atoms with Crippen LogP contribution in [-0.4, -0.2) is 46.7 Å². The second kappa shape index (κ2) is 12.4. The third kappa shape index (κ3) is 7.29. The summed E-state index contributed by atoms with van der Waals surface area (Å²) in [6, 6.07) is 11.8. The van der Waals surface area contributed by atoms with Crippen molar-refractivity contribution in [2.24, 2.45) is 0 Å². The van der Waals surface area contributed by atoms with Gasteiger partial charge in [-0.3, -0.25) is 0 Å². The van der Waals surface area contributed by atoms with E-state index >= 15 is 0 Å². The van der Waals surface area contributed by atoms with Crippen molar-refractivity contribution in [3.8, 4) is 23.0 Å². The minimum absolute atomic E-state index is 0.0304. The molecular weight excluding hydrogens is 553 g/mol. The summed E-state index contributed by atoms with van der Waals surface area (Å²) >= 11 is 0. The molecule has 3 aromatic rings. The van der Waals surface area contributed by atoms with Crippen LogP contribution in [0, 0.1) is 0 Å². The maximum Gasteiger partial charge on any atom is 0.416 e. The van der Waals surface area contributed by atoms with Gasteiger partial charge >= 0.3 is 22.3 Å². The molecule has 3 aromatic carbocycles. The van der Waals surface area contributed by atoms with Crippen molar-refractivity contribution in [3.05, 3.63) is 71.8 Å². The van der Waals surface area contributed by atoms with E-state index in [0.717, 1.165) is 18.2 Å². The standard InChI is InChI=1S/C27H29F3N2O7S/c1-17(2)32(26(33)31-22-11-10-20(36-3)15-24(22)38-5)16-18-9-12-23(37-4)25(13-18)39-40(34,35)21-8-6-7-19(14-21)27(28,29)30/h6-15,17H,16H2,1-5H3,(H,31,33). The predicted octanol–water partition coefficient (Wildman–Crippen LogP) is 5.94. The molecule has 9 nitrogen and oxygen atoms in total. The molecule has 0 spiro atoms. The van der Waals surface area contributed by atoms with Crippen molar-refractivity contribution in [2.75, 3.05) is 26.6 Å². The summed E-state index contributed by atoms with van der Waals surface area (Å²) in [4.78, 5) is 14.0. The van der Waals surface area contributed by atoms with Crippen molar-refractivity contribution in [2.45, 2.75) is 37.5 Å². The normalized spacial score (nSPS) is 11.6. The third-order valence-corrected chi connectivity index (χ3v) is 7.00. The number of alkyl halides is 3. The largest absolute Gasteiger partial charge is 0.497 e. The number of ether oxygens (including phenoxy) is 3. The minimum atomic E-state index is -4.74. The van der Waals surface area contributed by atoms with Crippen LogP contribution in [0.15, 0.2) is 65.6 Å². The first-order chi connectivity index (χ1) is 18.8. The average Bonchev–Trinajstić information content (AvgIpc) is 2.91. The number of methoxy groups -OCH3 is 3. The Morgan fingerprint density at radius 2 is 1.60 bits per heavy atom. The molecule has 0 fully saturated rings. The quantitative estimate of drug-likeness (QED) is 0.295. The summed E-state index contributed by atoms with van der Waals surface area (Å²) in [7, 11) is -0.411. The smallest absolute Gasteiger partial charge is 0.416 e. The van der Waals surface area contributed by atoms with Gasteiger partial charge in [-0.15, -0.1) is 0 Å². The number of urea groups is 1. The molecule has 2 amide bonds. The van der Waals surface area contributed by atoms with Crippen molar-refractivity contribution in [1.82, 2.24) is 4.90 Å². The highest BCUT2D eigenvalue weighted by Crippen LogP contribution is 2.34. The van der Waals surface area contributed by atoms with E-state index in [-0.39, 0.29) is 24.1 Å². The van der Waals surface area contributed by atoms with E-state index < -0.39 is 32.8 Å². The van der Waals surface area contributed by atoms with Gasteiger partial charge in [0.15, 0.2) is 11.5 Å². The Bertz CT molecular complexity index is 1460. The van der Waals surface area contributed by atoms with Crippen molar-refractivity contribution in [3.63, 3.8) is 0 Å². The molecule has 1 N–H and O–H groups in total. The van der Waals surface area contributed by atoms with Crippen LogP contribution in [0.3, 0.4) is 0 Å². The molecule has 0 bridgehead atoms.